The van der Waals surface area contributed by atoms with Crippen molar-refractivity contribution in [3.63, 3.8) is 0 Å². The van der Waals surface area contributed by atoms with Gasteiger partial charge in [0.05, 0.1) is 6.20 Å². The lowest BCUT2D eigenvalue weighted by Gasteiger charge is -2.10. The Balaban J connectivity index is 1.98. The van der Waals surface area contributed by atoms with Crippen molar-refractivity contribution >= 4 is 17.7 Å². The minimum atomic E-state index is -0.428. The van der Waals surface area contributed by atoms with Gasteiger partial charge >= 0.3 is 0 Å². The Morgan fingerprint density at radius 1 is 1.60 bits per heavy atom. The van der Waals surface area contributed by atoms with E-state index in [0.717, 1.165) is 24.1 Å². The van der Waals surface area contributed by atoms with Gasteiger partial charge in [0, 0.05) is 11.8 Å². The highest BCUT2D eigenvalue weighted by molar-refractivity contribution is 7.99. The van der Waals surface area contributed by atoms with Crippen molar-refractivity contribution in [3.8, 4) is 0 Å². The molecule has 1 N–H and O–H groups in total. The van der Waals surface area contributed by atoms with Gasteiger partial charge in [0.25, 0.3) is 5.91 Å². The van der Waals surface area contributed by atoms with Crippen LogP contribution < -0.4 is 5.32 Å². The Kier molecular flexibility index (Phi) is 3.20. The molecule has 2 heterocycles. The number of pyridine rings is 1. The molecule has 5 heteroatoms. The molecule has 1 atom stereocenters. The molecule has 0 bridgehead atoms. The highest BCUT2D eigenvalue weighted by Crippen LogP contribution is 2.17. The van der Waals surface area contributed by atoms with Crippen LogP contribution in [0.15, 0.2) is 18.3 Å². The Hall–Kier alpha value is -1.10. The van der Waals surface area contributed by atoms with Crippen LogP contribution in [0.2, 0.25) is 0 Å². The zero-order valence-electron chi connectivity index (χ0n) is 8.07. The Labute approximate surface area is 91.5 Å². The van der Waals surface area contributed by atoms with Crippen LogP contribution in [0.25, 0.3) is 0 Å². The van der Waals surface area contributed by atoms with Crippen molar-refractivity contribution in [1.29, 1.82) is 0 Å². The SMILES string of the molecule is O=C(NC1CCSC1)c1ccc(F)cn1. The van der Waals surface area contributed by atoms with E-state index in [-0.39, 0.29) is 17.6 Å². The highest BCUT2D eigenvalue weighted by atomic mass is 32.2. The molecule has 1 aromatic heterocycles. The second-order valence-electron chi connectivity index (χ2n) is 3.40. The van der Waals surface area contributed by atoms with Gasteiger partial charge in [-0.25, -0.2) is 9.37 Å². The minimum absolute atomic E-state index is 0.220. The maximum Gasteiger partial charge on any atom is 0.270 e. The first-order valence-corrected chi connectivity index (χ1v) is 5.91. The van der Waals surface area contributed by atoms with Gasteiger partial charge in [-0.15, -0.1) is 0 Å². The standard InChI is InChI=1S/C10H11FN2OS/c11-7-1-2-9(12-5-7)10(14)13-8-3-4-15-6-8/h1-2,5,8H,3-4,6H2,(H,13,14). The van der Waals surface area contributed by atoms with E-state index in [2.05, 4.69) is 10.3 Å². The molecule has 1 amide bonds. The van der Waals surface area contributed by atoms with Gasteiger partial charge in [-0.05, 0) is 24.3 Å². The van der Waals surface area contributed by atoms with Crippen LogP contribution in [0.3, 0.4) is 0 Å². The fourth-order valence-corrected chi connectivity index (χ4v) is 2.57. The Bertz CT molecular complexity index is 349. The molecule has 1 aliphatic rings. The minimum Gasteiger partial charge on any atom is -0.347 e. The van der Waals surface area contributed by atoms with Crippen molar-refractivity contribution in [2.75, 3.05) is 11.5 Å². The predicted molar refractivity (Wildman–Crippen MR) is 57.4 cm³/mol. The third-order valence-corrected chi connectivity index (χ3v) is 3.39. The number of carbonyl (C=O) groups excluding carboxylic acids is 1. The van der Waals surface area contributed by atoms with Crippen LogP contribution in [-0.2, 0) is 0 Å². The van der Waals surface area contributed by atoms with E-state index in [1.54, 1.807) is 0 Å². The quantitative estimate of drug-likeness (QED) is 0.830. The average Bonchev–Trinajstić information content (AvgIpc) is 2.71. The smallest absolute Gasteiger partial charge is 0.270 e. The van der Waals surface area contributed by atoms with Gasteiger partial charge in [-0.2, -0.15) is 11.8 Å². The Morgan fingerprint density at radius 3 is 3.07 bits per heavy atom. The van der Waals surface area contributed by atoms with E-state index in [0.29, 0.717) is 0 Å². The summed E-state index contributed by atoms with van der Waals surface area (Å²) in [4.78, 5) is 15.3. The first kappa shape index (κ1) is 10.4. The van der Waals surface area contributed by atoms with E-state index < -0.39 is 5.82 Å². The lowest BCUT2D eigenvalue weighted by Crippen LogP contribution is -2.35. The number of nitrogens with one attached hydrogen (secondary N) is 1. The lowest BCUT2D eigenvalue weighted by atomic mass is 10.2. The van der Waals surface area contributed by atoms with Crippen LogP contribution in [0.4, 0.5) is 4.39 Å². The summed E-state index contributed by atoms with van der Waals surface area (Å²) < 4.78 is 12.6. The van der Waals surface area contributed by atoms with Crippen molar-refractivity contribution in [2.24, 2.45) is 0 Å². The molecule has 1 aromatic rings. The maximum absolute atomic E-state index is 12.6. The van der Waals surface area contributed by atoms with Gasteiger partial charge in [-0.1, -0.05) is 0 Å². The molecule has 1 saturated heterocycles. The van der Waals surface area contributed by atoms with Gasteiger partial charge in [0.1, 0.15) is 11.5 Å². The third kappa shape index (κ3) is 2.68. The van der Waals surface area contributed by atoms with E-state index in [1.807, 2.05) is 11.8 Å². The number of amides is 1. The zero-order chi connectivity index (χ0) is 10.7. The summed E-state index contributed by atoms with van der Waals surface area (Å²) in [6.45, 7) is 0. The van der Waals surface area contributed by atoms with Crippen LogP contribution in [0.1, 0.15) is 16.9 Å². The molecule has 1 unspecified atom stereocenters. The molecule has 0 aromatic carbocycles. The molecule has 2 rings (SSSR count). The predicted octanol–water partition coefficient (Wildman–Crippen LogP) is 1.46. The number of halogens is 1. The van der Waals surface area contributed by atoms with Crippen LogP contribution in [0.5, 0.6) is 0 Å². The van der Waals surface area contributed by atoms with Crippen LogP contribution >= 0.6 is 11.8 Å². The molecule has 0 radical (unpaired) electrons. The molecule has 15 heavy (non-hydrogen) atoms. The van der Waals surface area contributed by atoms with Crippen LogP contribution in [0, 0.1) is 5.82 Å². The molecule has 0 saturated carbocycles. The summed E-state index contributed by atoms with van der Waals surface area (Å²) in [6.07, 6.45) is 2.05. The molecular weight excluding hydrogens is 215 g/mol. The topological polar surface area (TPSA) is 42.0 Å². The number of nitrogens with zero attached hydrogens (tertiary/aromatic N) is 1. The fraction of sp³-hybridized carbons (Fsp3) is 0.400. The first-order chi connectivity index (χ1) is 7.25. The van der Waals surface area contributed by atoms with E-state index in [9.17, 15) is 9.18 Å². The van der Waals surface area contributed by atoms with Crippen molar-refractivity contribution in [1.82, 2.24) is 10.3 Å². The molecule has 3 nitrogen and oxygen atoms in total. The lowest BCUT2D eigenvalue weighted by molar-refractivity contribution is 0.0936. The monoisotopic (exact) mass is 226 g/mol. The normalized spacial score (nSPS) is 20.2. The maximum atomic E-state index is 12.6. The number of thioether (sulfide) groups is 1. The van der Waals surface area contributed by atoms with E-state index >= 15 is 0 Å². The van der Waals surface area contributed by atoms with Gasteiger partial charge in [-0.3, -0.25) is 4.79 Å². The summed E-state index contributed by atoms with van der Waals surface area (Å²) in [5.74, 6) is 1.39. The second-order valence-corrected chi connectivity index (χ2v) is 4.55. The van der Waals surface area contributed by atoms with E-state index in [4.69, 9.17) is 0 Å². The van der Waals surface area contributed by atoms with Gasteiger partial charge in [0.15, 0.2) is 0 Å². The summed E-state index contributed by atoms with van der Waals surface area (Å²) in [7, 11) is 0. The summed E-state index contributed by atoms with van der Waals surface area (Å²) in [6, 6.07) is 2.87. The third-order valence-electron chi connectivity index (χ3n) is 2.22. The first-order valence-electron chi connectivity index (χ1n) is 4.76. The number of hydrogen-bond acceptors (Lipinski definition) is 3. The Morgan fingerprint density at radius 2 is 2.47 bits per heavy atom. The molecule has 0 spiro atoms. The molecule has 1 fully saturated rings. The molecule has 1 aliphatic heterocycles. The van der Waals surface area contributed by atoms with Crippen molar-refractivity contribution < 1.29 is 9.18 Å². The summed E-state index contributed by atoms with van der Waals surface area (Å²) in [5.41, 5.74) is 0.272. The van der Waals surface area contributed by atoms with Gasteiger partial charge < -0.3 is 5.32 Å². The van der Waals surface area contributed by atoms with E-state index in [1.165, 1.54) is 12.1 Å². The molecular formula is C10H11FN2OS. The second kappa shape index (κ2) is 4.61. The zero-order valence-corrected chi connectivity index (χ0v) is 8.89. The van der Waals surface area contributed by atoms with Crippen LogP contribution in [-0.4, -0.2) is 28.4 Å². The number of carbonyl (C=O) groups is 1. The number of hydrogen-bond donors (Lipinski definition) is 1. The largest absolute Gasteiger partial charge is 0.347 e. The summed E-state index contributed by atoms with van der Waals surface area (Å²) in [5, 5.41) is 2.87. The van der Waals surface area contributed by atoms with Crippen molar-refractivity contribution in [3.05, 3.63) is 29.8 Å². The highest BCUT2D eigenvalue weighted by Gasteiger charge is 2.18. The molecule has 0 aliphatic carbocycles. The van der Waals surface area contributed by atoms with Gasteiger partial charge in [0.2, 0.25) is 0 Å². The summed E-state index contributed by atoms with van der Waals surface area (Å²) >= 11 is 1.83. The average molecular weight is 226 g/mol. The fourth-order valence-electron chi connectivity index (χ4n) is 1.42. The number of rotatable bonds is 2. The number of aromatic nitrogens is 1. The van der Waals surface area contributed by atoms with Crippen molar-refractivity contribution in [2.45, 2.75) is 12.5 Å². The molecule has 80 valence electrons.